The highest BCUT2D eigenvalue weighted by molar-refractivity contribution is 9.10. The zero-order valence-electron chi connectivity index (χ0n) is 9.97. The first kappa shape index (κ1) is 15.3. The van der Waals surface area contributed by atoms with Crippen molar-refractivity contribution in [2.24, 2.45) is 5.73 Å². The Kier molecular flexibility index (Phi) is 5.06. The fourth-order valence-corrected chi connectivity index (χ4v) is 3.44. The number of nitrogens with zero attached hydrogens (tertiary/aromatic N) is 1. The molecule has 1 unspecified atom stereocenters. The molecule has 1 rings (SSSR count). The van der Waals surface area contributed by atoms with Gasteiger partial charge in [-0.2, -0.15) is 0 Å². The molecule has 100 valence electrons. The van der Waals surface area contributed by atoms with E-state index in [1.54, 1.807) is 13.0 Å². The van der Waals surface area contributed by atoms with Crippen LogP contribution in [0.1, 0.15) is 18.9 Å². The lowest BCUT2D eigenvalue weighted by molar-refractivity contribution is 0.594. The maximum absolute atomic E-state index is 12.0. The monoisotopic (exact) mass is 351 g/mol. The second-order valence-corrected chi connectivity index (χ2v) is 6.95. The summed E-state index contributed by atoms with van der Waals surface area (Å²) in [5.41, 5.74) is 6.31. The van der Waals surface area contributed by atoms with Gasteiger partial charge < -0.3 is 5.73 Å². The van der Waals surface area contributed by atoms with Crippen LogP contribution in [0.5, 0.6) is 0 Å². The Morgan fingerprint density at radius 1 is 1.67 bits per heavy atom. The molecule has 0 aliphatic carbocycles. The van der Waals surface area contributed by atoms with Gasteiger partial charge in [-0.1, -0.05) is 19.1 Å². The fraction of sp³-hybridized carbons (Fsp3) is 0.400. The molecule has 0 bridgehead atoms. The van der Waals surface area contributed by atoms with Crippen LogP contribution in [0.4, 0.5) is 5.82 Å². The standard InChI is InChI=1S/C10H14BrN3O2S2/c1-3-8(10(12)17)18(15,16)14-9-4-6(2)7(11)5-13-9/h4-5,8H,3H2,1-2H3,(H2,12,17)(H,13,14). The van der Waals surface area contributed by atoms with Gasteiger partial charge in [-0.25, -0.2) is 13.4 Å². The molecule has 0 aromatic carbocycles. The third-order valence-electron chi connectivity index (χ3n) is 2.36. The summed E-state index contributed by atoms with van der Waals surface area (Å²) in [7, 11) is -3.65. The molecule has 0 aliphatic rings. The third-order valence-corrected chi connectivity index (χ3v) is 5.45. The molecule has 1 heterocycles. The van der Waals surface area contributed by atoms with E-state index in [1.165, 1.54) is 6.20 Å². The van der Waals surface area contributed by atoms with Crippen molar-refractivity contribution in [2.45, 2.75) is 25.5 Å². The number of thiocarbonyl (C=S) groups is 1. The highest BCUT2D eigenvalue weighted by Gasteiger charge is 2.26. The van der Waals surface area contributed by atoms with Gasteiger partial charge in [0.25, 0.3) is 0 Å². The molecule has 18 heavy (non-hydrogen) atoms. The molecule has 0 saturated heterocycles. The number of anilines is 1. The van der Waals surface area contributed by atoms with Crippen molar-refractivity contribution in [3.63, 3.8) is 0 Å². The predicted octanol–water partition coefficient (Wildman–Crippen LogP) is 1.96. The maximum Gasteiger partial charge on any atom is 0.243 e. The molecule has 1 aromatic heterocycles. The minimum Gasteiger partial charge on any atom is -0.392 e. The molecule has 0 saturated carbocycles. The van der Waals surface area contributed by atoms with Crippen molar-refractivity contribution in [1.29, 1.82) is 0 Å². The number of nitrogens with two attached hydrogens (primary N) is 1. The van der Waals surface area contributed by atoms with Crippen LogP contribution in [-0.2, 0) is 10.0 Å². The summed E-state index contributed by atoms with van der Waals surface area (Å²) in [6, 6.07) is 1.63. The number of aryl methyl sites for hydroxylation is 1. The van der Waals surface area contributed by atoms with Crippen molar-refractivity contribution in [2.75, 3.05) is 4.72 Å². The molecule has 5 nitrogen and oxygen atoms in total. The van der Waals surface area contributed by atoms with Gasteiger partial charge in [0.05, 0.1) is 4.99 Å². The van der Waals surface area contributed by atoms with E-state index >= 15 is 0 Å². The zero-order chi connectivity index (χ0) is 13.9. The van der Waals surface area contributed by atoms with Gasteiger partial charge in [0, 0.05) is 10.7 Å². The lowest BCUT2D eigenvalue weighted by atomic mass is 10.3. The minimum absolute atomic E-state index is 0.0427. The second kappa shape index (κ2) is 5.94. The first-order valence-electron chi connectivity index (χ1n) is 5.21. The highest BCUT2D eigenvalue weighted by Crippen LogP contribution is 2.19. The minimum atomic E-state index is -3.65. The van der Waals surface area contributed by atoms with Crippen LogP contribution >= 0.6 is 28.1 Å². The Morgan fingerprint density at radius 2 is 2.28 bits per heavy atom. The van der Waals surface area contributed by atoms with Crippen molar-refractivity contribution >= 4 is 49.0 Å². The summed E-state index contributed by atoms with van der Waals surface area (Å²) in [6.07, 6.45) is 1.86. The van der Waals surface area contributed by atoms with Crippen LogP contribution in [0, 0.1) is 6.92 Å². The van der Waals surface area contributed by atoms with Gasteiger partial charge in [0.2, 0.25) is 10.0 Å². The Labute approximate surface area is 120 Å². The molecule has 0 radical (unpaired) electrons. The quantitative estimate of drug-likeness (QED) is 0.792. The van der Waals surface area contributed by atoms with E-state index in [0.717, 1.165) is 10.0 Å². The van der Waals surface area contributed by atoms with Crippen LogP contribution in [0.2, 0.25) is 0 Å². The summed E-state index contributed by atoms with van der Waals surface area (Å²) in [5, 5.41) is -0.891. The normalized spacial score (nSPS) is 13.1. The van der Waals surface area contributed by atoms with Crippen molar-refractivity contribution in [1.82, 2.24) is 4.98 Å². The van der Waals surface area contributed by atoms with Gasteiger partial charge in [-0.15, -0.1) is 0 Å². The third kappa shape index (κ3) is 3.63. The Balaban J connectivity index is 3.01. The Morgan fingerprint density at radius 3 is 2.72 bits per heavy atom. The van der Waals surface area contributed by atoms with E-state index < -0.39 is 15.3 Å². The molecule has 1 aromatic rings. The van der Waals surface area contributed by atoms with E-state index in [9.17, 15) is 8.42 Å². The number of sulfonamides is 1. The topological polar surface area (TPSA) is 85.1 Å². The van der Waals surface area contributed by atoms with Crippen LogP contribution in [0.3, 0.4) is 0 Å². The van der Waals surface area contributed by atoms with Gasteiger partial charge in [0.1, 0.15) is 11.1 Å². The van der Waals surface area contributed by atoms with Crippen LogP contribution in [0.15, 0.2) is 16.7 Å². The average Bonchev–Trinajstić information content (AvgIpc) is 2.22. The molecular weight excluding hydrogens is 338 g/mol. The molecule has 8 heteroatoms. The van der Waals surface area contributed by atoms with Crippen molar-refractivity contribution < 1.29 is 8.42 Å². The number of aromatic nitrogens is 1. The maximum atomic E-state index is 12.0. The van der Waals surface area contributed by atoms with Crippen LogP contribution < -0.4 is 10.5 Å². The van der Waals surface area contributed by atoms with Crippen molar-refractivity contribution in [3.8, 4) is 0 Å². The highest BCUT2D eigenvalue weighted by atomic mass is 79.9. The molecule has 0 aliphatic heterocycles. The number of hydrogen-bond donors (Lipinski definition) is 2. The van der Waals surface area contributed by atoms with E-state index in [4.69, 9.17) is 18.0 Å². The summed E-state index contributed by atoms with van der Waals surface area (Å²) in [5.74, 6) is 0.255. The fourth-order valence-electron chi connectivity index (χ4n) is 1.39. The molecule has 1 atom stereocenters. The summed E-state index contributed by atoms with van der Waals surface area (Å²) in [4.78, 5) is 3.94. The number of hydrogen-bond acceptors (Lipinski definition) is 4. The number of nitrogens with one attached hydrogen (secondary N) is 1. The lowest BCUT2D eigenvalue weighted by Crippen LogP contribution is -2.37. The average molecular weight is 352 g/mol. The van der Waals surface area contributed by atoms with Gasteiger partial charge in [0.15, 0.2) is 0 Å². The Hall–Kier alpha value is -0.730. The lowest BCUT2D eigenvalue weighted by Gasteiger charge is -2.15. The van der Waals surface area contributed by atoms with Crippen LogP contribution in [0.25, 0.3) is 0 Å². The number of halogens is 1. The van der Waals surface area contributed by atoms with E-state index in [1.807, 2.05) is 6.92 Å². The summed E-state index contributed by atoms with van der Waals surface area (Å²) >= 11 is 8.05. The predicted molar refractivity (Wildman–Crippen MR) is 80.1 cm³/mol. The smallest absolute Gasteiger partial charge is 0.243 e. The van der Waals surface area contributed by atoms with E-state index in [-0.39, 0.29) is 10.8 Å². The van der Waals surface area contributed by atoms with Gasteiger partial charge in [-0.3, -0.25) is 4.72 Å². The zero-order valence-corrected chi connectivity index (χ0v) is 13.2. The van der Waals surface area contributed by atoms with Gasteiger partial charge in [-0.05, 0) is 40.9 Å². The Bertz CT molecular complexity index is 560. The van der Waals surface area contributed by atoms with E-state index in [0.29, 0.717) is 6.42 Å². The molecular formula is C10H14BrN3O2S2. The summed E-state index contributed by atoms with van der Waals surface area (Å²) < 4.78 is 27.3. The SMILES string of the molecule is CCC(C(N)=S)S(=O)(=O)Nc1cc(C)c(Br)cn1. The first-order valence-corrected chi connectivity index (χ1v) is 7.95. The number of rotatable bonds is 5. The molecule has 0 fully saturated rings. The van der Waals surface area contributed by atoms with Crippen molar-refractivity contribution in [3.05, 3.63) is 22.3 Å². The first-order chi connectivity index (χ1) is 8.27. The molecule has 0 spiro atoms. The second-order valence-electron chi connectivity index (χ2n) is 3.77. The van der Waals surface area contributed by atoms with Gasteiger partial charge >= 0.3 is 0 Å². The van der Waals surface area contributed by atoms with Crippen LogP contribution in [-0.4, -0.2) is 23.6 Å². The number of pyridine rings is 1. The van der Waals surface area contributed by atoms with E-state index in [2.05, 4.69) is 25.6 Å². The summed E-state index contributed by atoms with van der Waals surface area (Å²) in [6.45, 7) is 3.55. The largest absolute Gasteiger partial charge is 0.392 e. The molecule has 0 amide bonds. The molecule has 3 N–H and O–H groups in total.